The van der Waals surface area contributed by atoms with Gasteiger partial charge in [0.25, 0.3) is 0 Å². The van der Waals surface area contributed by atoms with Gasteiger partial charge in [-0.1, -0.05) is 6.92 Å². The first kappa shape index (κ1) is 14.4. The standard InChI is InChI=1S/C11H22N2O3S/c1-3-17(15,16)9-10(2)12-8-11(14)13-6-4-5-7-13/h10,12H,3-9H2,1-2H3. The maximum atomic E-state index is 11.7. The van der Waals surface area contributed by atoms with E-state index in [1.54, 1.807) is 13.8 Å². The van der Waals surface area contributed by atoms with Crippen LogP contribution in [0.1, 0.15) is 26.7 Å². The minimum Gasteiger partial charge on any atom is -0.342 e. The van der Waals surface area contributed by atoms with Crippen LogP contribution in [0, 0.1) is 0 Å². The summed E-state index contributed by atoms with van der Waals surface area (Å²) in [5.74, 6) is 0.318. The van der Waals surface area contributed by atoms with Crippen LogP contribution in [0.4, 0.5) is 0 Å². The summed E-state index contributed by atoms with van der Waals surface area (Å²) in [5, 5.41) is 2.98. The molecule has 0 aromatic carbocycles. The maximum Gasteiger partial charge on any atom is 0.236 e. The Morgan fingerprint density at radius 2 is 1.94 bits per heavy atom. The molecule has 0 aromatic rings. The molecule has 0 radical (unpaired) electrons. The summed E-state index contributed by atoms with van der Waals surface area (Å²) in [6, 6.07) is -0.175. The van der Waals surface area contributed by atoms with Crippen LogP contribution in [-0.2, 0) is 14.6 Å². The second-order valence-electron chi connectivity index (χ2n) is 4.57. The van der Waals surface area contributed by atoms with E-state index in [0.29, 0.717) is 0 Å². The lowest BCUT2D eigenvalue weighted by Gasteiger charge is -2.18. The molecule has 1 unspecified atom stereocenters. The summed E-state index contributed by atoms with van der Waals surface area (Å²) < 4.78 is 22.8. The van der Waals surface area contributed by atoms with Gasteiger partial charge in [-0.25, -0.2) is 8.42 Å². The number of amides is 1. The van der Waals surface area contributed by atoms with Crippen molar-refractivity contribution in [1.82, 2.24) is 10.2 Å². The first-order valence-corrected chi connectivity index (χ1v) is 7.98. The predicted molar refractivity (Wildman–Crippen MR) is 67.6 cm³/mol. The van der Waals surface area contributed by atoms with Crippen LogP contribution in [-0.4, -0.2) is 56.4 Å². The fourth-order valence-corrected chi connectivity index (χ4v) is 3.01. The second-order valence-corrected chi connectivity index (χ2v) is 6.97. The lowest BCUT2D eigenvalue weighted by molar-refractivity contribution is -0.129. The van der Waals surface area contributed by atoms with Crippen LogP contribution < -0.4 is 5.32 Å². The summed E-state index contributed by atoms with van der Waals surface area (Å²) in [5.41, 5.74) is 0. The lowest BCUT2D eigenvalue weighted by atomic mass is 10.4. The number of carbonyl (C=O) groups excluding carboxylic acids is 1. The molecule has 1 aliphatic rings. The van der Waals surface area contributed by atoms with E-state index >= 15 is 0 Å². The minimum absolute atomic E-state index is 0.0725. The molecule has 1 aliphatic heterocycles. The Kier molecular flexibility index (Phi) is 5.39. The van der Waals surface area contributed by atoms with Crippen LogP contribution in [0.15, 0.2) is 0 Å². The highest BCUT2D eigenvalue weighted by Crippen LogP contribution is 2.06. The number of nitrogens with one attached hydrogen (secondary N) is 1. The van der Waals surface area contributed by atoms with Crippen molar-refractivity contribution in [3.8, 4) is 0 Å². The predicted octanol–water partition coefficient (Wildman–Crippen LogP) is 0.0216. The largest absolute Gasteiger partial charge is 0.342 e. The van der Waals surface area contributed by atoms with Crippen LogP contribution in [0.5, 0.6) is 0 Å². The molecule has 1 heterocycles. The van der Waals surface area contributed by atoms with Gasteiger partial charge in [-0.05, 0) is 19.8 Å². The van der Waals surface area contributed by atoms with Gasteiger partial charge >= 0.3 is 0 Å². The number of sulfone groups is 1. The van der Waals surface area contributed by atoms with Crippen LogP contribution >= 0.6 is 0 Å². The van der Waals surface area contributed by atoms with Crippen molar-refractivity contribution in [2.24, 2.45) is 0 Å². The first-order valence-electron chi connectivity index (χ1n) is 6.16. The zero-order valence-corrected chi connectivity index (χ0v) is 11.4. The van der Waals surface area contributed by atoms with E-state index < -0.39 is 9.84 Å². The van der Waals surface area contributed by atoms with Crippen LogP contribution in [0.3, 0.4) is 0 Å². The minimum atomic E-state index is -2.97. The van der Waals surface area contributed by atoms with Gasteiger partial charge < -0.3 is 10.2 Å². The van der Waals surface area contributed by atoms with E-state index in [-0.39, 0.29) is 30.0 Å². The van der Waals surface area contributed by atoms with Crippen molar-refractivity contribution in [1.29, 1.82) is 0 Å². The fourth-order valence-electron chi connectivity index (χ4n) is 1.90. The van der Waals surface area contributed by atoms with Gasteiger partial charge in [-0.2, -0.15) is 0 Å². The number of hydrogen-bond acceptors (Lipinski definition) is 4. The molecule has 1 saturated heterocycles. The molecule has 0 aromatic heterocycles. The Morgan fingerprint density at radius 1 is 1.35 bits per heavy atom. The normalized spacial score (nSPS) is 18.4. The molecule has 1 rings (SSSR count). The molecule has 17 heavy (non-hydrogen) atoms. The lowest BCUT2D eigenvalue weighted by Crippen LogP contribution is -2.42. The molecular weight excluding hydrogens is 240 g/mol. The number of hydrogen-bond donors (Lipinski definition) is 1. The van der Waals surface area contributed by atoms with Gasteiger partial charge in [0, 0.05) is 24.9 Å². The van der Waals surface area contributed by atoms with Crippen molar-refractivity contribution in [2.45, 2.75) is 32.7 Å². The van der Waals surface area contributed by atoms with Crippen molar-refractivity contribution in [3.63, 3.8) is 0 Å². The van der Waals surface area contributed by atoms with Gasteiger partial charge in [-0.3, -0.25) is 4.79 Å². The van der Waals surface area contributed by atoms with E-state index in [0.717, 1.165) is 25.9 Å². The molecule has 1 fully saturated rings. The third-order valence-corrected chi connectivity index (χ3v) is 4.89. The summed E-state index contributed by atoms with van der Waals surface area (Å²) in [6.07, 6.45) is 2.15. The highest BCUT2D eigenvalue weighted by Gasteiger charge is 2.19. The molecular formula is C11H22N2O3S. The molecule has 0 bridgehead atoms. The third kappa shape index (κ3) is 5.04. The van der Waals surface area contributed by atoms with E-state index in [9.17, 15) is 13.2 Å². The van der Waals surface area contributed by atoms with Gasteiger partial charge in [0.2, 0.25) is 5.91 Å². The van der Waals surface area contributed by atoms with Gasteiger partial charge in [0.05, 0.1) is 12.3 Å². The molecule has 6 heteroatoms. The molecule has 0 spiro atoms. The quantitative estimate of drug-likeness (QED) is 0.733. The molecule has 0 aliphatic carbocycles. The second kappa shape index (κ2) is 6.35. The van der Waals surface area contributed by atoms with Crippen LogP contribution in [0.25, 0.3) is 0 Å². The zero-order chi connectivity index (χ0) is 12.9. The van der Waals surface area contributed by atoms with Gasteiger partial charge in [0.15, 0.2) is 9.84 Å². The topological polar surface area (TPSA) is 66.5 Å². The summed E-state index contributed by atoms with van der Waals surface area (Å²) >= 11 is 0. The monoisotopic (exact) mass is 262 g/mol. The van der Waals surface area contributed by atoms with Crippen molar-refractivity contribution in [2.75, 3.05) is 31.1 Å². The zero-order valence-electron chi connectivity index (χ0n) is 10.6. The molecule has 5 nitrogen and oxygen atoms in total. The fraction of sp³-hybridized carbons (Fsp3) is 0.909. The number of carbonyl (C=O) groups is 1. The van der Waals surface area contributed by atoms with E-state index in [1.165, 1.54) is 0 Å². The summed E-state index contributed by atoms with van der Waals surface area (Å²) in [7, 11) is -2.97. The highest BCUT2D eigenvalue weighted by molar-refractivity contribution is 7.91. The molecule has 1 amide bonds. The van der Waals surface area contributed by atoms with Gasteiger partial charge in [-0.15, -0.1) is 0 Å². The van der Waals surface area contributed by atoms with Gasteiger partial charge in [0.1, 0.15) is 0 Å². The molecule has 0 saturated carbocycles. The van der Waals surface area contributed by atoms with Crippen LogP contribution in [0.2, 0.25) is 0 Å². The molecule has 1 atom stereocenters. The average molecular weight is 262 g/mol. The Morgan fingerprint density at radius 3 is 2.47 bits per heavy atom. The number of likely N-dealkylation sites (tertiary alicyclic amines) is 1. The summed E-state index contributed by atoms with van der Waals surface area (Å²) in [6.45, 7) is 5.34. The van der Waals surface area contributed by atoms with E-state index in [1.807, 2.05) is 4.90 Å². The summed E-state index contributed by atoms with van der Waals surface area (Å²) in [4.78, 5) is 13.5. The van der Waals surface area contributed by atoms with Crippen molar-refractivity contribution < 1.29 is 13.2 Å². The Hall–Kier alpha value is -0.620. The Bertz CT molecular complexity index is 348. The van der Waals surface area contributed by atoms with E-state index in [2.05, 4.69) is 5.32 Å². The average Bonchev–Trinajstić information content (AvgIpc) is 2.78. The molecule has 100 valence electrons. The highest BCUT2D eigenvalue weighted by atomic mass is 32.2. The smallest absolute Gasteiger partial charge is 0.236 e. The SMILES string of the molecule is CCS(=O)(=O)CC(C)NCC(=O)N1CCCC1. The van der Waals surface area contributed by atoms with Crippen molar-refractivity contribution in [3.05, 3.63) is 0 Å². The number of rotatable bonds is 6. The Labute approximate surface area is 103 Å². The van der Waals surface area contributed by atoms with E-state index in [4.69, 9.17) is 0 Å². The van der Waals surface area contributed by atoms with Crippen molar-refractivity contribution >= 4 is 15.7 Å². The third-order valence-electron chi connectivity index (χ3n) is 3.00. The number of nitrogens with zero attached hydrogens (tertiary/aromatic N) is 1. The molecule has 1 N–H and O–H groups in total. The maximum absolute atomic E-state index is 11.7. The Balaban J connectivity index is 2.28. The first-order chi connectivity index (χ1) is 7.94.